The highest BCUT2D eigenvalue weighted by molar-refractivity contribution is 6.31. The van der Waals surface area contributed by atoms with E-state index in [2.05, 4.69) is 20.5 Å². The number of hydrogen-bond donors (Lipinski definition) is 2. The maximum absolute atomic E-state index is 11.9. The van der Waals surface area contributed by atoms with Crippen LogP contribution in [0.1, 0.15) is 6.92 Å². The van der Waals surface area contributed by atoms with E-state index >= 15 is 0 Å². The van der Waals surface area contributed by atoms with E-state index in [9.17, 15) is 4.79 Å². The second-order valence-electron chi connectivity index (χ2n) is 6.22. The van der Waals surface area contributed by atoms with Gasteiger partial charge in [-0.2, -0.15) is 5.10 Å². The number of fused-ring (bicyclic) bond motifs is 1. The van der Waals surface area contributed by atoms with E-state index in [-0.39, 0.29) is 5.91 Å². The van der Waals surface area contributed by atoms with Crippen LogP contribution in [0.25, 0.3) is 33.8 Å². The van der Waals surface area contributed by atoms with Crippen molar-refractivity contribution in [1.82, 2.24) is 15.2 Å². The minimum Gasteiger partial charge on any atom is -0.436 e. The van der Waals surface area contributed by atoms with Crippen LogP contribution >= 0.6 is 11.6 Å². The van der Waals surface area contributed by atoms with E-state index in [0.29, 0.717) is 33.4 Å². The van der Waals surface area contributed by atoms with Gasteiger partial charge in [0.15, 0.2) is 5.58 Å². The molecule has 4 rings (SSSR count). The van der Waals surface area contributed by atoms with E-state index in [1.165, 1.54) is 7.11 Å². The van der Waals surface area contributed by atoms with Crippen LogP contribution in [0.4, 0.5) is 5.69 Å². The summed E-state index contributed by atoms with van der Waals surface area (Å²) in [6.07, 6.45) is 1.21. The van der Waals surface area contributed by atoms with Gasteiger partial charge in [0, 0.05) is 29.6 Å². The van der Waals surface area contributed by atoms with Crippen molar-refractivity contribution in [2.24, 2.45) is 0 Å². The molecule has 2 heterocycles. The van der Waals surface area contributed by atoms with Crippen LogP contribution in [0.15, 0.2) is 53.1 Å². The summed E-state index contributed by atoms with van der Waals surface area (Å²) >= 11 is 6.02. The molecule has 1 amide bonds. The molecule has 1 atom stereocenters. The van der Waals surface area contributed by atoms with Gasteiger partial charge in [0.05, 0.1) is 5.56 Å². The number of oxazole rings is 1. The van der Waals surface area contributed by atoms with Crippen molar-refractivity contribution in [3.05, 3.63) is 53.7 Å². The minimum atomic E-state index is -0.523. The number of hydrogen-bond acceptors (Lipinski definition) is 5. The molecule has 0 saturated heterocycles. The number of H-pyrrole nitrogens is 1. The van der Waals surface area contributed by atoms with Gasteiger partial charge in [-0.05, 0) is 37.3 Å². The molecule has 28 heavy (non-hydrogen) atoms. The Hall–Kier alpha value is -3.16. The number of ether oxygens (including phenoxy) is 1. The first-order valence-corrected chi connectivity index (χ1v) is 8.97. The number of nitrogens with zero attached hydrogens (tertiary/aromatic N) is 2. The molecule has 0 saturated carbocycles. The Kier molecular flexibility index (Phi) is 4.85. The van der Waals surface area contributed by atoms with Crippen molar-refractivity contribution in [1.29, 1.82) is 0 Å². The molecule has 142 valence electrons. The summed E-state index contributed by atoms with van der Waals surface area (Å²) in [4.78, 5) is 16.4. The molecular weight excluding hydrogens is 380 g/mol. The molecule has 2 aromatic heterocycles. The number of nitrogens with one attached hydrogen (secondary N) is 2. The lowest BCUT2D eigenvalue weighted by molar-refractivity contribution is -0.124. The summed E-state index contributed by atoms with van der Waals surface area (Å²) in [7, 11) is 1.49. The Balaban J connectivity index is 1.62. The zero-order valence-corrected chi connectivity index (χ0v) is 15.9. The second-order valence-corrected chi connectivity index (χ2v) is 6.66. The highest BCUT2D eigenvalue weighted by Gasteiger charge is 2.17. The number of halogens is 1. The third kappa shape index (κ3) is 3.49. The Bertz CT molecular complexity index is 1130. The smallest absolute Gasteiger partial charge is 0.253 e. The van der Waals surface area contributed by atoms with Crippen LogP contribution in [-0.4, -0.2) is 34.3 Å². The van der Waals surface area contributed by atoms with Crippen LogP contribution in [-0.2, 0) is 9.53 Å². The SMILES string of the molecule is COC(C)C(=O)Nc1ccc(-c2n[nH]cc2-c2nc3cc(Cl)ccc3o2)cc1. The van der Waals surface area contributed by atoms with E-state index in [4.69, 9.17) is 20.8 Å². The number of carbonyl (C=O) groups is 1. The van der Waals surface area contributed by atoms with Crippen LogP contribution in [0.5, 0.6) is 0 Å². The van der Waals surface area contributed by atoms with Gasteiger partial charge < -0.3 is 14.5 Å². The molecular formula is C20H17ClN4O3. The molecule has 0 radical (unpaired) electrons. The summed E-state index contributed by atoms with van der Waals surface area (Å²) in [6.45, 7) is 1.69. The highest BCUT2D eigenvalue weighted by Crippen LogP contribution is 2.32. The molecule has 0 bridgehead atoms. The predicted octanol–water partition coefficient (Wildman–Crippen LogP) is 4.51. The first kappa shape index (κ1) is 18.2. The molecule has 0 fully saturated rings. The standard InChI is InChI=1S/C20H17ClN4O3/c1-11(27-2)19(26)23-14-6-3-12(4-7-14)18-15(10-22-25-18)20-24-16-9-13(21)5-8-17(16)28-20/h3-11H,1-2H3,(H,22,25)(H,23,26). The van der Waals surface area contributed by atoms with E-state index in [1.54, 1.807) is 43.5 Å². The molecule has 0 aliphatic carbocycles. The Morgan fingerprint density at radius 2 is 2.04 bits per heavy atom. The fourth-order valence-electron chi connectivity index (χ4n) is 2.75. The molecule has 4 aromatic rings. The number of amides is 1. The summed E-state index contributed by atoms with van der Waals surface area (Å²) in [5.41, 5.74) is 4.29. The largest absolute Gasteiger partial charge is 0.436 e. The van der Waals surface area contributed by atoms with Gasteiger partial charge in [0.1, 0.15) is 17.3 Å². The Labute approximate surface area is 165 Å². The zero-order chi connectivity index (χ0) is 19.7. The zero-order valence-electron chi connectivity index (χ0n) is 15.2. The molecule has 0 spiro atoms. The summed E-state index contributed by atoms with van der Waals surface area (Å²) in [5.74, 6) is 0.244. The number of carbonyl (C=O) groups excluding carboxylic acids is 1. The van der Waals surface area contributed by atoms with Crippen LogP contribution in [0.3, 0.4) is 0 Å². The highest BCUT2D eigenvalue weighted by atomic mass is 35.5. The second kappa shape index (κ2) is 7.46. The summed E-state index contributed by atoms with van der Waals surface area (Å²) < 4.78 is 10.9. The van der Waals surface area contributed by atoms with Gasteiger partial charge >= 0.3 is 0 Å². The fraction of sp³-hybridized carbons (Fsp3) is 0.150. The summed E-state index contributed by atoms with van der Waals surface area (Å²) in [6, 6.07) is 12.6. The van der Waals surface area contributed by atoms with Gasteiger partial charge in [-0.25, -0.2) is 4.98 Å². The molecule has 8 heteroatoms. The Morgan fingerprint density at radius 3 is 2.79 bits per heavy atom. The molecule has 2 N–H and O–H groups in total. The maximum atomic E-state index is 11.9. The Morgan fingerprint density at radius 1 is 1.25 bits per heavy atom. The van der Waals surface area contributed by atoms with Crippen LogP contribution in [0, 0.1) is 0 Å². The average Bonchev–Trinajstić information content (AvgIpc) is 3.34. The number of aromatic nitrogens is 3. The first-order chi connectivity index (χ1) is 13.5. The van der Waals surface area contributed by atoms with Crippen molar-refractivity contribution in [3.8, 4) is 22.7 Å². The number of anilines is 1. The van der Waals surface area contributed by atoms with Crippen molar-refractivity contribution in [3.63, 3.8) is 0 Å². The van der Waals surface area contributed by atoms with Gasteiger partial charge in [-0.3, -0.25) is 9.89 Å². The van der Waals surface area contributed by atoms with Gasteiger partial charge in [0.25, 0.3) is 5.91 Å². The quantitative estimate of drug-likeness (QED) is 0.517. The maximum Gasteiger partial charge on any atom is 0.253 e. The monoisotopic (exact) mass is 396 g/mol. The topological polar surface area (TPSA) is 93.0 Å². The number of benzene rings is 2. The lowest BCUT2D eigenvalue weighted by Gasteiger charge is -2.10. The lowest BCUT2D eigenvalue weighted by atomic mass is 10.1. The van der Waals surface area contributed by atoms with Crippen molar-refractivity contribution >= 4 is 34.3 Å². The van der Waals surface area contributed by atoms with E-state index in [0.717, 1.165) is 11.1 Å². The molecule has 0 aliphatic heterocycles. The first-order valence-electron chi connectivity index (χ1n) is 8.59. The number of methoxy groups -OCH3 is 1. The predicted molar refractivity (Wildman–Crippen MR) is 107 cm³/mol. The molecule has 7 nitrogen and oxygen atoms in total. The number of aromatic amines is 1. The average molecular weight is 397 g/mol. The summed E-state index contributed by atoms with van der Waals surface area (Å²) in [5, 5.41) is 10.6. The fourth-order valence-corrected chi connectivity index (χ4v) is 2.92. The van der Waals surface area contributed by atoms with E-state index < -0.39 is 6.10 Å². The third-order valence-electron chi connectivity index (χ3n) is 4.37. The van der Waals surface area contributed by atoms with Crippen LogP contribution < -0.4 is 5.32 Å². The third-order valence-corrected chi connectivity index (χ3v) is 4.60. The van der Waals surface area contributed by atoms with Gasteiger partial charge in [-0.1, -0.05) is 23.7 Å². The lowest BCUT2D eigenvalue weighted by Crippen LogP contribution is -2.26. The molecule has 2 aromatic carbocycles. The van der Waals surface area contributed by atoms with Gasteiger partial charge in [-0.15, -0.1) is 0 Å². The minimum absolute atomic E-state index is 0.208. The van der Waals surface area contributed by atoms with Crippen molar-refractivity contribution in [2.45, 2.75) is 13.0 Å². The van der Waals surface area contributed by atoms with Crippen molar-refractivity contribution < 1.29 is 13.9 Å². The van der Waals surface area contributed by atoms with E-state index in [1.807, 2.05) is 12.1 Å². The van der Waals surface area contributed by atoms with Crippen LogP contribution in [0.2, 0.25) is 5.02 Å². The number of rotatable bonds is 5. The van der Waals surface area contributed by atoms with Crippen molar-refractivity contribution in [2.75, 3.05) is 12.4 Å². The normalized spacial score (nSPS) is 12.2. The molecule has 0 aliphatic rings. The van der Waals surface area contributed by atoms with Gasteiger partial charge in [0.2, 0.25) is 5.89 Å². The molecule has 1 unspecified atom stereocenters.